The minimum absolute atomic E-state index is 0.473. The van der Waals surface area contributed by atoms with Crippen LogP contribution in [0.4, 0.5) is 5.69 Å². The molecule has 0 radical (unpaired) electrons. The van der Waals surface area contributed by atoms with Crippen LogP contribution in [0.3, 0.4) is 0 Å². The van der Waals surface area contributed by atoms with Crippen molar-refractivity contribution in [2.75, 3.05) is 12.4 Å². The van der Waals surface area contributed by atoms with Crippen molar-refractivity contribution in [3.8, 4) is 11.5 Å². The van der Waals surface area contributed by atoms with Crippen molar-refractivity contribution in [1.29, 1.82) is 0 Å². The summed E-state index contributed by atoms with van der Waals surface area (Å²) in [5.41, 5.74) is 0.854. The quantitative estimate of drug-likeness (QED) is 0.794. The highest BCUT2D eigenvalue weighted by Crippen LogP contribution is 2.36. The first-order valence-corrected chi connectivity index (χ1v) is 6.60. The van der Waals surface area contributed by atoms with E-state index in [4.69, 9.17) is 27.9 Å². The fourth-order valence-electron chi connectivity index (χ4n) is 1.32. The van der Waals surface area contributed by atoms with Gasteiger partial charge < -0.3 is 10.1 Å². The van der Waals surface area contributed by atoms with Crippen molar-refractivity contribution in [2.45, 2.75) is 0 Å². The lowest BCUT2D eigenvalue weighted by molar-refractivity contribution is 0.481. The lowest BCUT2D eigenvalue weighted by Crippen LogP contribution is -1.91. The molecule has 1 heterocycles. The number of hydrogen-bond acceptors (Lipinski definition) is 3. The van der Waals surface area contributed by atoms with Crippen LogP contribution < -0.4 is 10.1 Å². The van der Waals surface area contributed by atoms with E-state index in [9.17, 15) is 0 Å². The van der Waals surface area contributed by atoms with Gasteiger partial charge in [0.2, 0.25) is 0 Å². The molecule has 0 amide bonds. The van der Waals surface area contributed by atoms with Gasteiger partial charge in [0.15, 0.2) is 0 Å². The Hall–Kier alpha value is -0.970. The second-order valence-electron chi connectivity index (χ2n) is 3.46. The predicted octanol–water partition coefficient (Wildman–Crippen LogP) is 4.98. The summed E-state index contributed by atoms with van der Waals surface area (Å²) in [4.78, 5) is 4.05. The highest BCUT2D eigenvalue weighted by molar-refractivity contribution is 9.10. The number of rotatable bonds is 3. The van der Waals surface area contributed by atoms with Gasteiger partial charge in [-0.3, -0.25) is 4.98 Å². The lowest BCUT2D eigenvalue weighted by Gasteiger charge is -2.09. The van der Waals surface area contributed by atoms with E-state index in [0.717, 1.165) is 10.2 Å². The number of nitrogens with one attached hydrogen (secondary N) is 1. The zero-order chi connectivity index (χ0) is 13.1. The normalized spacial score (nSPS) is 10.2. The standard InChI is InChI=1S/C12H9BrCl2N2O/c1-16-7-2-8(6-17-5-7)18-12-4-10(14)9(13)3-11(12)15/h2-6,16H,1H3. The molecule has 0 unspecified atom stereocenters. The number of pyridine rings is 1. The summed E-state index contributed by atoms with van der Waals surface area (Å²) in [7, 11) is 1.81. The topological polar surface area (TPSA) is 34.2 Å². The number of benzene rings is 1. The molecule has 0 spiro atoms. The van der Waals surface area contributed by atoms with E-state index in [0.29, 0.717) is 21.5 Å². The second kappa shape index (κ2) is 5.78. The maximum Gasteiger partial charge on any atom is 0.147 e. The molecular formula is C12H9BrCl2N2O. The lowest BCUT2D eigenvalue weighted by atomic mass is 10.3. The summed E-state index contributed by atoms with van der Waals surface area (Å²) < 4.78 is 6.37. The van der Waals surface area contributed by atoms with Gasteiger partial charge in [0.25, 0.3) is 0 Å². The van der Waals surface area contributed by atoms with Crippen LogP contribution in [-0.2, 0) is 0 Å². The average molecular weight is 348 g/mol. The highest BCUT2D eigenvalue weighted by Gasteiger charge is 2.08. The SMILES string of the molecule is CNc1cncc(Oc2cc(Cl)c(Br)cc2Cl)c1. The van der Waals surface area contributed by atoms with E-state index in [1.807, 2.05) is 13.1 Å². The smallest absolute Gasteiger partial charge is 0.147 e. The summed E-state index contributed by atoms with van der Waals surface area (Å²) in [6, 6.07) is 5.16. The molecule has 94 valence electrons. The molecule has 0 atom stereocenters. The van der Waals surface area contributed by atoms with Crippen molar-refractivity contribution >= 4 is 44.8 Å². The van der Waals surface area contributed by atoms with E-state index in [1.54, 1.807) is 24.5 Å². The van der Waals surface area contributed by atoms with Crippen LogP contribution in [-0.4, -0.2) is 12.0 Å². The van der Waals surface area contributed by atoms with Crippen molar-refractivity contribution < 1.29 is 4.74 Å². The van der Waals surface area contributed by atoms with Gasteiger partial charge in [-0.05, 0) is 22.0 Å². The van der Waals surface area contributed by atoms with Gasteiger partial charge >= 0.3 is 0 Å². The monoisotopic (exact) mass is 346 g/mol. The van der Waals surface area contributed by atoms with Gasteiger partial charge in [0.05, 0.1) is 28.1 Å². The third kappa shape index (κ3) is 3.07. The zero-order valence-corrected chi connectivity index (χ0v) is 12.5. The van der Waals surface area contributed by atoms with Gasteiger partial charge in [-0.25, -0.2) is 0 Å². The van der Waals surface area contributed by atoms with Gasteiger partial charge in [0.1, 0.15) is 11.5 Å². The summed E-state index contributed by atoms with van der Waals surface area (Å²) in [5.74, 6) is 1.07. The first kappa shape index (κ1) is 13.5. The minimum atomic E-state index is 0.473. The first-order valence-electron chi connectivity index (χ1n) is 5.05. The van der Waals surface area contributed by atoms with Crippen molar-refractivity contribution in [2.24, 2.45) is 0 Å². The van der Waals surface area contributed by atoms with E-state index < -0.39 is 0 Å². The molecule has 0 saturated heterocycles. The molecule has 0 aliphatic rings. The number of aromatic nitrogens is 1. The zero-order valence-electron chi connectivity index (χ0n) is 9.38. The van der Waals surface area contributed by atoms with Crippen LogP contribution in [0, 0.1) is 0 Å². The Morgan fingerprint density at radius 3 is 2.67 bits per heavy atom. The van der Waals surface area contributed by atoms with E-state index in [2.05, 4.69) is 26.2 Å². The van der Waals surface area contributed by atoms with Crippen molar-refractivity contribution in [3.05, 3.63) is 45.1 Å². The number of halogens is 3. The fraction of sp³-hybridized carbons (Fsp3) is 0.0833. The minimum Gasteiger partial charge on any atom is -0.454 e. The van der Waals surface area contributed by atoms with Crippen LogP contribution in [0.25, 0.3) is 0 Å². The number of hydrogen-bond donors (Lipinski definition) is 1. The largest absolute Gasteiger partial charge is 0.454 e. The molecule has 0 fully saturated rings. The van der Waals surface area contributed by atoms with Crippen LogP contribution in [0.1, 0.15) is 0 Å². The molecule has 6 heteroatoms. The number of nitrogens with zero attached hydrogens (tertiary/aromatic N) is 1. The Bertz CT molecular complexity index is 578. The Labute approximate surface area is 123 Å². The van der Waals surface area contributed by atoms with Gasteiger partial charge in [-0.1, -0.05) is 23.2 Å². The molecule has 0 aliphatic heterocycles. The Balaban J connectivity index is 2.30. The maximum absolute atomic E-state index is 6.08. The van der Waals surface area contributed by atoms with Gasteiger partial charge in [-0.15, -0.1) is 0 Å². The molecular weight excluding hydrogens is 339 g/mol. The first-order chi connectivity index (χ1) is 8.60. The van der Waals surface area contributed by atoms with Crippen LogP contribution in [0.2, 0.25) is 10.0 Å². The highest BCUT2D eigenvalue weighted by atomic mass is 79.9. The van der Waals surface area contributed by atoms with E-state index in [-0.39, 0.29) is 0 Å². The molecule has 18 heavy (non-hydrogen) atoms. The molecule has 2 rings (SSSR count). The molecule has 3 nitrogen and oxygen atoms in total. The van der Waals surface area contributed by atoms with Crippen LogP contribution in [0.5, 0.6) is 11.5 Å². The summed E-state index contributed by atoms with van der Waals surface area (Å²) >= 11 is 15.4. The molecule has 1 aromatic carbocycles. The molecule has 0 saturated carbocycles. The maximum atomic E-state index is 6.08. The Morgan fingerprint density at radius 2 is 1.94 bits per heavy atom. The number of ether oxygens (including phenoxy) is 1. The third-order valence-electron chi connectivity index (χ3n) is 2.20. The van der Waals surface area contributed by atoms with Crippen LogP contribution >= 0.6 is 39.1 Å². The van der Waals surface area contributed by atoms with Crippen molar-refractivity contribution in [1.82, 2.24) is 4.98 Å². The van der Waals surface area contributed by atoms with Gasteiger partial charge in [0, 0.05) is 23.7 Å². The predicted molar refractivity (Wildman–Crippen MR) is 78.0 cm³/mol. The summed E-state index contributed by atoms with van der Waals surface area (Å²) in [6.45, 7) is 0. The van der Waals surface area contributed by atoms with E-state index >= 15 is 0 Å². The molecule has 1 aromatic heterocycles. The Morgan fingerprint density at radius 1 is 1.17 bits per heavy atom. The van der Waals surface area contributed by atoms with Crippen LogP contribution in [0.15, 0.2) is 35.1 Å². The molecule has 2 aromatic rings. The average Bonchev–Trinajstić information content (AvgIpc) is 2.36. The molecule has 0 aliphatic carbocycles. The van der Waals surface area contributed by atoms with E-state index in [1.165, 1.54) is 0 Å². The summed E-state index contributed by atoms with van der Waals surface area (Å²) in [6.07, 6.45) is 3.30. The third-order valence-corrected chi connectivity index (χ3v) is 3.70. The number of anilines is 1. The summed E-state index contributed by atoms with van der Waals surface area (Å²) in [5, 5.41) is 3.99. The fourth-order valence-corrected chi connectivity index (χ4v) is 2.15. The second-order valence-corrected chi connectivity index (χ2v) is 5.13. The molecule has 0 bridgehead atoms. The van der Waals surface area contributed by atoms with Crippen molar-refractivity contribution in [3.63, 3.8) is 0 Å². The van der Waals surface area contributed by atoms with Gasteiger partial charge in [-0.2, -0.15) is 0 Å². The molecule has 1 N–H and O–H groups in total. The Kier molecular flexibility index (Phi) is 4.32.